The molecule has 1 atom stereocenters. The van der Waals surface area contributed by atoms with Crippen LogP contribution in [0.3, 0.4) is 0 Å². The van der Waals surface area contributed by atoms with E-state index < -0.39 is 17.3 Å². The molecule has 0 aromatic carbocycles. The van der Waals surface area contributed by atoms with Crippen LogP contribution in [-0.2, 0) is 23.1 Å². The van der Waals surface area contributed by atoms with E-state index in [2.05, 4.69) is 14.9 Å². The lowest BCUT2D eigenvalue weighted by atomic mass is 10.2. The molecule has 0 bridgehead atoms. The van der Waals surface area contributed by atoms with Gasteiger partial charge in [0.05, 0.1) is 19.2 Å². The van der Waals surface area contributed by atoms with E-state index in [1.54, 1.807) is 23.3 Å². The number of ketones is 1. The minimum absolute atomic E-state index is 0.120. The van der Waals surface area contributed by atoms with Crippen molar-refractivity contribution in [2.24, 2.45) is 7.05 Å². The van der Waals surface area contributed by atoms with Crippen molar-refractivity contribution in [3.05, 3.63) is 26.7 Å². The minimum Gasteiger partial charge on any atom is -0.450 e. The number of nitrogens with one attached hydrogen (secondary N) is 1. The van der Waals surface area contributed by atoms with Gasteiger partial charge in [0.2, 0.25) is 0 Å². The average Bonchev–Trinajstić information content (AvgIpc) is 3.06. The zero-order valence-corrected chi connectivity index (χ0v) is 17.1. The molecule has 1 aliphatic heterocycles. The van der Waals surface area contributed by atoms with Crippen LogP contribution in [0.1, 0.15) is 32.6 Å². The quantitative estimate of drug-likeness (QED) is 0.732. The number of H-pyrrole nitrogens is 1. The molecule has 1 N–H and O–H groups in total. The molecule has 0 spiro atoms. The second kappa shape index (κ2) is 8.19. The molecule has 3 rings (SSSR count). The van der Waals surface area contributed by atoms with Crippen molar-refractivity contribution in [2.75, 3.05) is 32.8 Å². The van der Waals surface area contributed by atoms with E-state index in [9.17, 15) is 19.2 Å². The van der Waals surface area contributed by atoms with Gasteiger partial charge in [0.1, 0.15) is 5.82 Å². The van der Waals surface area contributed by atoms with Crippen LogP contribution >= 0.6 is 0 Å². The lowest BCUT2D eigenvalue weighted by Gasteiger charge is -2.34. The van der Waals surface area contributed by atoms with Crippen molar-refractivity contribution in [3.63, 3.8) is 0 Å². The van der Waals surface area contributed by atoms with E-state index in [0.717, 1.165) is 0 Å². The number of hydrogen-bond acceptors (Lipinski definition) is 7. The number of aromatic amines is 1. The molecule has 3 heterocycles. The van der Waals surface area contributed by atoms with Crippen molar-refractivity contribution in [3.8, 4) is 0 Å². The number of piperazine rings is 1. The second-order valence-electron chi connectivity index (χ2n) is 7.14. The van der Waals surface area contributed by atoms with E-state index in [1.807, 2.05) is 0 Å². The van der Waals surface area contributed by atoms with Crippen molar-refractivity contribution in [1.29, 1.82) is 0 Å². The number of ether oxygens (including phenoxy) is 1. The number of rotatable bonds is 5. The van der Waals surface area contributed by atoms with Gasteiger partial charge in [0, 0.05) is 33.2 Å². The number of amides is 1. The van der Waals surface area contributed by atoms with Gasteiger partial charge in [-0.1, -0.05) is 0 Å². The summed E-state index contributed by atoms with van der Waals surface area (Å²) in [5.41, 5.74) is -0.679. The van der Waals surface area contributed by atoms with Gasteiger partial charge in [-0.25, -0.2) is 14.6 Å². The van der Waals surface area contributed by atoms with Crippen LogP contribution < -0.4 is 11.2 Å². The fraction of sp³-hybridized carbons (Fsp3) is 0.611. The highest BCUT2D eigenvalue weighted by Gasteiger charge is 2.27. The fourth-order valence-corrected chi connectivity index (χ4v) is 3.46. The Hall–Kier alpha value is -2.95. The van der Waals surface area contributed by atoms with Crippen molar-refractivity contribution in [2.45, 2.75) is 33.4 Å². The summed E-state index contributed by atoms with van der Waals surface area (Å²) in [6.45, 7) is 7.88. The average molecular weight is 406 g/mol. The predicted molar refractivity (Wildman–Crippen MR) is 105 cm³/mol. The Morgan fingerprint density at radius 1 is 1.21 bits per heavy atom. The third kappa shape index (κ3) is 3.95. The van der Waals surface area contributed by atoms with Crippen molar-refractivity contribution < 1.29 is 14.3 Å². The van der Waals surface area contributed by atoms with Gasteiger partial charge in [-0.2, -0.15) is 0 Å². The first-order valence-corrected chi connectivity index (χ1v) is 9.59. The third-order valence-electron chi connectivity index (χ3n) is 5.26. The maximum atomic E-state index is 12.5. The van der Waals surface area contributed by atoms with Crippen molar-refractivity contribution in [1.82, 2.24) is 28.9 Å². The molecule has 1 amide bonds. The summed E-state index contributed by atoms with van der Waals surface area (Å²) in [6.07, 6.45) is -0.328. The van der Waals surface area contributed by atoms with Crippen molar-refractivity contribution >= 4 is 23.0 Å². The zero-order valence-electron chi connectivity index (χ0n) is 17.1. The Kier molecular flexibility index (Phi) is 5.87. The van der Waals surface area contributed by atoms with Gasteiger partial charge < -0.3 is 14.2 Å². The molecule has 2 aromatic heterocycles. The molecule has 0 unspecified atom stereocenters. The molecule has 2 aromatic rings. The Bertz CT molecular complexity index is 1040. The first-order chi connectivity index (χ1) is 13.7. The fourth-order valence-electron chi connectivity index (χ4n) is 3.46. The van der Waals surface area contributed by atoms with Gasteiger partial charge in [-0.3, -0.25) is 24.0 Å². The summed E-state index contributed by atoms with van der Waals surface area (Å²) in [5, 5.41) is 0. The van der Waals surface area contributed by atoms with E-state index in [1.165, 1.54) is 18.5 Å². The maximum absolute atomic E-state index is 12.5. The topological polar surface area (TPSA) is 123 Å². The molecule has 1 fully saturated rings. The molecular weight excluding hydrogens is 380 g/mol. The maximum Gasteiger partial charge on any atom is 0.409 e. The Labute approximate surface area is 166 Å². The molecule has 0 radical (unpaired) electrons. The van der Waals surface area contributed by atoms with Gasteiger partial charge >= 0.3 is 11.8 Å². The molecule has 1 saturated heterocycles. The largest absolute Gasteiger partial charge is 0.450 e. The predicted octanol–water partition coefficient (Wildman–Crippen LogP) is -0.153. The lowest BCUT2D eigenvalue weighted by Crippen LogP contribution is -2.48. The number of imidazole rings is 1. The number of aromatic nitrogens is 4. The summed E-state index contributed by atoms with van der Waals surface area (Å²) < 4.78 is 7.90. The number of nitrogens with zero attached hydrogens (tertiary/aromatic N) is 5. The standard InChI is InChI=1S/C18H26N6O5/c1-5-29-18(28)23-8-6-22(7-9-23)10-13-19-15-14(24(13)11(2)12(3)25)16(26)20-17(27)21(15)4/h11H,5-10H2,1-4H3,(H,20,26,27)/t11-/m1/s1. The molecule has 0 saturated carbocycles. The van der Waals surface area contributed by atoms with Crippen LogP contribution in [0, 0.1) is 0 Å². The summed E-state index contributed by atoms with van der Waals surface area (Å²) >= 11 is 0. The Balaban J connectivity index is 1.93. The van der Waals surface area contributed by atoms with Crippen LogP contribution in [0.25, 0.3) is 11.2 Å². The summed E-state index contributed by atoms with van der Waals surface area (Å²) in [5.74, 6) is 0.407. The number of hydrogen-bond donors (Lipinski definition) is 1. The molecule has 11 nitrogen and oxygen atoms in total. The zero-order chi connectivity index (χ0) is 21.3. The molecule has 11 heteroatoms. The van der Waals surface area contributed by atoms with Crippen LogP contribution in [0.5, 0.6) is 0 Å². The molecule has 158 valence electrons. The highest BCUT2D eigenvalue weighted by Crippen LogP contribution is 2.20. The van der Waals surface area contributed by atoms with Gasteiger partial charge in [0.25, 0.3) is 5.56 Å². The monoisotopic (exact) mass is 406 g/mol. The van der Waals surface area contributed by atoms with Crippen LogP contribution in [0.15, 0.2) is 9.59 Å². The van der Waals surface area contributed by atoms with Gasteiger partial charge in [0.15, 0.2) is 16.9 Å². The number of Topliss-reactive ketones (excluding diaryl/α,β-unsaturated/α-hetero) is 1. The Morgan fingerprint density at radius 2 is 1.86 bits per heavy atom. The summed E-state index contributed by atoms with van der Waals surface area (Å²) in [7, 11) is 1.53. The van der Waals surface area contributed by atoms with Gasteiger partial charge in [-0.05, 0) is 20.8 Å². The summed E-state index contributed by atoms with van der Waals surface area (Å²) in [4.78, 5) is 58.9. The van der Waals surface area contributed by atoms with E-state index in [-0.39, 0.29) is 23.0 Å². The smallest absolute Gasteiger partial charge is 0.409 e. The third-order valence-corrected chi connectivity index (χ3v) is 5.26. The molecule has 1 aliphatic rings. The summed E-state index contributed by atoms with van der Waals surface area (Å²) in [6, 6.07) is -0.602. The molecule has 0 aliphatic carbocycles. The highest BCUT2D eigenvalue weighted by atomic mass is 16.6. The normalized spacial score (nSPS) is 16.2. The molecule has 29 heavy (non-hydrogen) atoms. The van der Waals surface area contributed by atoms with Crippen LogP contribution in [-0.4, -0.2) is 73.6 Å². The first kappa shape index (κ1) is 20.8. The highest BCUT2D eigenvalue weighted by molar-refractivity contribution is 5.82. The molecular formula is C18H26N6O5. The first-order valence-electron chi connectivity index (χ1n) is 9.59. The van der Waals surface area contributed by atoms with Gasteiger partial charge in [-0.15, -0.1) is 0 Å². The van der Waals surface area contributed by atoms with E-state index in [0.29, 0.717) is 45.2 Å². The van der Waals surface area contributed by atoms with Crippen LogP contribution in [0.4, 0.5) is 4.79 Å². The number of fused-ring (bicyclic) bond motifs is 1. The SMILES string of the molecule is CCOC(=O)N1CCN(Cc2nc3c(c(=O)[nH]c(=O)n3C)n2[C@H](C)C(C)=O)CC1. The van der Waals surface area contributed by atoms with E-state index >= 15 is 0 Å². The minimum atomic E-state index is -0.602. The number of carbonyl (C=O) groups is 2. The second-order valence-corrected chi connectivity index (χ2v) is 7.14. The Morgan fingerprint density at radius 3 is 2.45 bits per heavy atom. The lowest BCUT2D eigenvalue weighted by molar-refractivity contribution is -0.119. The number of aryl methyl sites for hydroxylation is 1. The van der Waals surface area contributed by atoms with E-state index in [4.69, 9.17) is 4.74 Å². The number of carbonyl (C=O) groups excluding carboxylic acids is 2. The van der Waals surface area contributed by atoms with Crippen LogP contribution in [0.2, 0.25) is 0 Å².